The summed E-state index contributed by atoms with van der Waals surface area (Å²) in [4.78, 5) is 3.82. The highest BCUT2D eigenvalue weighted by molar-refractivity contribution is 5.84. The lowest BCUT2D eigenvalue weighted by Crippen LogP contribution is -2.36. The molecule has 1 saturated heterocycles. The predicted octanol–water partition coefficient (Wildman–Crippen LogP) is 3.33. The van der Waals surface area contributed by atoms with E-state index < -0.39 is 0 Å². The first-order valence-corrected chi connectivity index (χ1v) is 9.03. The van der Waals surface area contributed by atoms with Gasteiger partial charge in [-0.1, -0.05) is 20.3 Å². The summed E-state index contributed by atoms with van der Waals surface area (Å²) in [6.45, 7) is 14.6. The molecule has 0 aromatic carbocycles. The molecule has 0 N–H and O–H groups in total. The van der Waals surface area contributed by atoms with Crippen LogP contribution in [0.1, 0.15) is 60.3 Å². The number of nitrogens with zero attached hydrogens (tertiary/aromatic N) is 3. The molecule has 1 fully saturated rings. The minimum atomic E-state index is -0.206. The highest BCUT2D eigenvalue weighted by Crippen LogP contribution is 2.24. The van der Waals surface area contributed by atoms with Crippen LogP contribution in [0.5, 0.6) is 0 Å². The van der Waals surface area contributed by atoms with Crippen LogP contribution in [0, 0.1) is 0 Å². The molecule has 5 nitrogen and oxygen atoms in total. The molecule has 1 aliphatic heterocycles. The highest BCUT2D eigenvalue weighted by atomic mass is 16.5. The Morgan fingerprint density at radius 3 is 2.26 bits per heavy atom. The predicted molar refractivity (Wildman–Crippen MR) is 96.8 cm³/mol. The number of likely N-dealkylation sites (N-methyl/N-ethyl adjacent to an activating group) is 1. The Balaban J connectivity index is 2.26. The molecule has 136 valence electrons. The molecule has 1 heterocycles. The fraction of sp³-hybridized carbons (Fsp3) is 0.944. The van der Waals surface area contributed by atoms with E-state index in [2.05, 4.69) is 34.6 Å². The Morgan fingerprint density at radius 2 is 1.74 bits per heavy atom. The van der Waals surface area contributed by atoms with Crippen LogP contribution in [0.3, 0.4) is 0 Å². The minimum absolute atomic E-state index is 0.00822. The van der Waals surface area contributed by atoms with Gasteiger partial charge in [-0.2, -0.15) is 0 Å². The molecule has 0 spiro atoms. The summed E-state index contributed by atoms with van der Waals surface area (Å²) < 4.78 is 12.1. The molecule has 0 radical (unpaired) electrons. The topological polar surface area (TPSA) is 47.2 Å². The molecule has 1 atom stereocenters. The molecule has 1 aliphatic rings. The van der Waals surface area contributed by atoms with E-state index >= 15 is 0 Å². The van der Waals surface area contributed by atoms with Gasteiger partial charge in [0.25, 0.3) is 0 Å². The number of hydrogen-bond acceptors (Lipinski definition) is 2. The summed E-state index contributed by atoms with van der Waals surface area (Å²) in [6.07, 6.45) is 4.17. The normalized spacial score (nSPS) is 18.6. The maximum atomic E-state index is 9.89. The summed E-state index contributed by atoms with van der Waals surface area (Å²) in [5.41, 5.74) is -0.214. The van der Waals surface area contributed by atoms with Crippen molar-refractivity contribution >= 4 is 5.96 Å². The van der Waals surface area contributed by atoms with Gasteiger partial charge in [0.15, 0.2) is 0 Å². The van der Waals surface area contributed by atoms with Crippen LogP contribution < -0.4 is 0 Å². The number of rotatable bonds is 11. The summed E-state index contributed by atoms with van der Waals surface area (Å²) >= 11 is 0. The third kappa shape index (κ3) is 6.68. The van der Waals surface area contributed by atoms with E-state index in [1.807, 2.05) is 16.8 Å². The SMILES string of the molecule is CCCC(C)(CC)OCCC(C)(C)OCCN1CCN(C)C1=[N-]. The summed E-state index contributed by atoms with van der Waals surface area (Å²) in [5, 5.41) is 9.89. The van der Waals surface area contributed by atoms with Crippen LogP contribution in [0.2, 0.25) is 0 Å². The van der Waals surface area contributed by atoms with Crippen molar-refractivity contribution in [3.8, 4) is 0 Å². The third-order valence-corrected chi connectivity index (χ3v) is 4.86. The largest absolute Gasteiger partial charge is 0.429 e. The van der Waals surface area contributed by atoms with Gasteiger partial charge >= 0.3 is 0 Å². The van der Waals surface area contributed by atoms with Crippen LogP contribution in [-0.2, 0) is 9.47 Å². The quantitative estimate of drug-likeness (QED) is 0.584. The molecule has 0 aliphatic carbocycles. The summed E-state index contributed by atoms with van der Waals surface area (Å²) in [6, 6.07) is 0. The van der Waals surface area contributed by atoms with Crippen molar-refractivity contribution in [3.05, 3.63) is 5.41 Å². The standard InChI is InChI=1S/C18H36N3O2/c1-7-9-18(5,8-2)23-14-10-17(3,4)22-15-13-21-12-11-20(6)16(21)19/h7-15H2,1-6H3/q-1. The Bertz CT molecular complexity index is 373. The van der Waals surface area contributed by atoms with Crippen molar-refractivity contribution in [2.24, 2.45) is 0 Å². The summed E-state index contributed by atoms with van der Waals surface area (Å²) in [7, 11) is 1.90. The zero-order valence-electron chi connectivity index (χ0n) is 16.0. The number of hydrogen-bond donors (Lipinski definition) is 0. The Kier molecular flexibility index (Phi) is 7.81. The van der Waals surface area contributed by atoms with E-state index in [-0.39, 0.29) is 11.2 Å². The molecular weight excluding hydrogens is 290 g/mol. The average molecular weight is 327 g/mol. The Morgan fingerprint density at radius 1 is 1.04 bits per heavy atom. The van der Waals surface area contributed by atoms with Crippen LogP contribution in [-0.4, -0.2) is 66.9 Å². The first-order valence-electron chi connectivity index (χ1n) is 9.03. The van der Waals surface area contributed by atoms with Crippen molar-refractivity contribution in [3.63, 3.8) is 0 Å². The molecular formula is C18H36N3O2-. The van der Waals surface area contributed by atoms with Crippen molar-refractivity contribution in [1.29, 1.82) is 0 Å². The fourth-order valence-electron chi connectivity index (χ4n) is 2.85. The van der Waals surface area contributed by atoms with E-state index in [4.69, 9.17) is 9.47 Å². The van der Waals surface area contributed by atoms with Gasteiger partial charge in [0.2, 0.25) is 0 Å². The van der Waals surface area contributed by atoms with Crippen molar-refractivity contribution in [1.82, 2.24) is 9.80 Å². The molecule has 0 aromatic heterocycles. The lowest BCUT2D eigenvalue weighted by atomic mass is 9.97. The van der Waals surface area contributed by atoms with Crippen LogP contribution in [0.15, 0.2) is 0 Å². The van der Waals surface area contributed by atoms with Crippen molar-refractivity contribution < 1.29 is 9.47 Å². The third-order valence-electron chi connectivity index (χ3n) is 4.86. The second-order valence-corrected chi connectivity index (χ2v) is 7.47. The van der Waals surface area contributed by atoms with E-state index in [9.17, 15) is 5.41 Å². The molecule has 23 heavy (non-hydrogen) atoms. The maximum absolute atomic E-state index is 9.89. The number of guanidine groups is 1. The molecule has 0 saturated carbocycles. The first-order chi connectivity index (χ1) is 10.7. The Hall–Kier alpha value is -0.810. The summed E-state index contributed by atoms with van der Waals surface area (Å²) in [5.74, 6) is 0.355. The fourth-order valence-corrected chi connectivity index (χ4v) is 2.85. The van der Waals surface area contributed by atoms with Gasteiger partial charge in [-0.05, 0) is 66.7 Å². The monoisotopic (exact) mass is 326 g/mol. The smallest absolute Gasteiger partial charge is 0.0651 e. The molecule has 1 unspecified atom stereocenters. The van der Waals surface area contributed by atoms with Gasteiger partial charge in [-0.3, -0.25) is 0 Å². The minimum Gasteiger partial charge on any atom is -0.429 e. The second kappa shape index (κ2) is 8.88. The zero-order valence-corrected chi connectivity index (χ0v) is 16.0. The van der Waals surface area contributed by atoms with E-state index in [0.717, 1.165) is 51.9 Å². The van der Waals surface area contributed by atoms with E-state index in [1.165, 1.54) is 0 Å². The first kappa shape index (κ1) is 20.2. The van der Waals surface area contributed by atoms with E-state index in [1.54, 1.807) is 0 Å². The average Bonchev–Trinajstić information content (AvgIpc) is 2.79. The van der Waals surface area contributed by atoms with Gasteiger partial charge < -0.3 is 24.7 Å². The molecule has 0 aromatic rings. The van der Waals surface area contributed by atoms with Gasteiger partial charge in [0.1, 0.15) is 0 Å². The second-order valence-electron chi connectivity index (χ2n) is 7.47. The van der Waals surface area contributed by atoms with E-state index in [0.29, 0.717) is 12.6 Å². The molecule has 0 amide bonds. The number of ether oxygens (including phenoxy) is 2. The van der Waals surface area contributed by atoms with Crippen LogP contribution in [0.4, 0.5) is 0 Å². The molecule has 0 bridgehead atoms. The highest BCUT2D eigenvalue weighted by Gasteiger charge is 2.24. The van der Waals surface area contributed by atoms with Gasteiger partial charge in [-0.15, -0.1) is 0 Å². The maximum Gasteiger partial charge on any atom is 0.0651 e. The zero-order chi connectivity index (χ0) is 17.5. The van der Waals surface area contributed by atoms with Gasteiger partial charge in [0, 0.05) is 5.96 Å². The van der Waals surface area contributed by atoms with Crippen molar-refractivity contribution in [2.75, 3.05) is 39.9 Å². The molecule has 1 rings (SSSR count). The Labute approximate surface area is 142 Å². The van der Waals surface area contributed by atoms with Crippen LogP contribution in [0.25, 0.3) is 5.41 Å². The van der Waals surface area contributed by atoms with Crippen LogP contribution >= 0.6 is 0 Å². The van der Waals surface area contributed by atoms with Gasteiger partial charge in [0.05, 0.1) is 24.4 Å². The van der Waals surface area contributed by atoms with Crippen molar-refractivity contribution in [2.45, 2.75) is 71.5 Å². The lowest BCUT2D eigenvalue weighted by Gasteiger charge is -2.33. The lowest BCUT2D eigenvalue weighted by molar-refractivity contribution is -0.0832. The van der Waals surface area contributed by atoms with Gasteiger partial charge in [-0.25, -0.2) is 0 Å². The molecule has 5 heteroatoms.